The van der Waals surface area contributed by atoms with Gasteiger partial charge in [-0.2, -0.15) is 0 Å². The SMILES string of the molecule is CCN1CCN(C(=O)[C@H](N)Cc2ccc(O)cc2)CC1C. The van der Waals surface area contributed by atoms with E-state index in [-0.39, 0.29) is 11.7 Å². The Hall–Kier alpha value is -1.59. The Balaban J connectivity index is 1.92. The molecule has 0 radical (unpaired) electrons. The molecule has 0 bridgehead atoms. The molecule has 1 heterocycles. The van der Waals surface area contributed by atoms with Gasteiger partial charge < -0.3 is 15.7 Å². The number of hydrogen-bond acceptors (Lipinski definition) is 4. The van der Waals surface area contributed by atoms with Crippen LogP contribution in [0.5, 0.6) is 5.75 Å². The van der Waals surface area contributed by atoms with Gasteiger partial charge in [-0.1, -0.05) is 19.1 Å². The second-order valence-corrected chi connectivity index (χ2v) is 5.74. The molecular weight excluding hydrogens is 266 g/mol. The number of hydrogen-bond donors (Lipinski definition) is 2. The molecule has 1 unspecified atom stereocenters. The van der Waals surface area contributed by atoms with Crippen molar-refractivity contribution in [2.24, 2.45) is 5.73 Å². The van der Waals surface area contributed by atoms with Gasteiger partial charge in [0.2, 0.25) is 5.91 Å². The minimum atomic E-state index is -0.519. The van der Waals surface area contributed by atoms with E-state index in [1.54, 1.807) is 24.3 Å². The number of nitrogens with two attached hydrogens (primary N) is 1. The highest BCUT2D eigenvalue weighted by Crippen LogP contribution is 2.13. The smallest absolute Gasteiger partial charge is 0.239 e. The van der Waals surface area contributed by atoms with Gasteiger partial charge in [-0.3, -0.25) is 9.69 Å². The van der Waals surface area contributed by atoms with E-state index in [4.69, 9.17) is 5.73 Å². The van der Waals surface area contributed by atoms with Crippen LogP contribution < -0.4 is 5.73 Å². The predicted octanol–water partition coefficient (Wildman–Crippen LogP) is 0.815. The summed E-state index contributed by atoms with van der Waals surface area (Å²) in [5.74, 6) is 0.244. The third kappa shape index (κ3) is 3.95. The lowest BCUT2D eigenvalue weighted by Crippen LogP contribution is -2.56. The van der Waals surface area contributed by atoms with Crippen LogP contribution in [0.2, 0.25) is 0 Å². The summed E-state index contributed by atoms with van der Waals surface area (Å²) >= 11 is 0. The minimum absolute atomic E-state index is 0.0191. The molecule has 0 spiro atoms. The summed E-state index contributed by atoms with van der Waals surface area (Å²) in [6.07, 6.45) is 0.501. The molecule has 1 amide bonds. The predicted molar refractivity (Wildman–Crippen MR) is 83.1 cm³/mol. The van der Waals surface area contributed by atoms with E-state index in [1.807, 2.05) is 4.90 Å². The Morgan fingerprint density at radius 3 is 2.62 bits per heavy atom. The number of nitrogens with zero attached hydrogens (tertiary/aromatic N) is 2. The number of phenols is 1. The van der Waals surface area contributed by atoms with Gasteiger partial charge >= 0.3 is 0 Å². The molecule has 1 fully saturated rings. The van der Waals surface area contributed by atoms with Crippen LogP contribution in [0.4, 0.5) is 0 Å². The van der Waals surface area contributed by atoms with Crippen LogP contribution in [0.25, 0.3) is 0 Å². The largest absolute Gasteiger partial charge is 0.508 e. The number of rotatable bonds is 4. The maximum atomic E-state index is 12.4. The summed E-state index contributed by atoms with van der Waals surface area (Å²) in [6, 6.07) is 6.72. The Morgan fingerprint density at radius 1 is 1.38 bits per heavy atom. The van der Waals surface area contributed by atoms with Crippen molar-refractivity contribution in [3.05, 3.63) is 29.8 Å². The first-order valence-corrected chi connectivity index (χ1v) is 7.57. The Kier molecular flexibility index (Phi) is 5.20. The lowest BCUT2D eigenvalue weighted by molar-refractivity contribution is -0.135. The Bertz CT molecular complexity index is 475. The van der Waals surface area contributed by atoms with Crippen molar-refractivity contribution >= 4 is 5.91 Å². The molecule has 3 N–H and O–H groups in total. The zero-order valence-corrected chi connectivity index (χ0v) is 12.8. The molecule has 1 aromatic rings. The fourth-order valence-electron chi connectivity index (χ4n) is 2.87. The van der Waals surface area contributed by atoms with Gasteiger partial charge in [-0.25, -0.2) is 0 Å². The number of likely N-dealkylation sites (N-methyl/N-ethyl adjacent to an activating group) is 1. The molecule has 0 saturated carbocycles. The second-order valence-electron chi connectivity index (χ2n) is 5.74. The van der Waals surface area contributed by atoms with Crippen LogP contribution in [-0.2, 0) is 11.2 Å². The lowest BCUT2D eigenvalue weighted by Gasteiger charge is -2.40. The van der Waals surface area contributed by atoms with Gasteiger partial charge in [0, 0.05) is 25.7 Å². The number of amides is 1. The Morgan fingerprint density at radius 2 is 2.05 bits per heavy atom. The summed E-state index contributed by atoms with van der Waals surface area (Å²) < 4.78 is 0. The highest BCUT2D eigenvalue weighted by Gasteiger charge is 2.28. The van der Waals surface area contributed by atoms with E-state index >= 15 is 0 Å². The van der Waals surface area contributed by atoms with Crippen LogP contribution in [0.15, 0.2) is 24.3 Å². The maximum Gasteiger partial charge on any atom is 0.239 e. The quantitative estimate of drug-likeness (QED) is 0.861. The van der Waals surface area contributed by atoms with E-state index < -0.39 is 6.04 Å². The molecule has 2 atom stereocenters. The monoisotopic (exact) mass is 291 g/mol. The third-order valence-corrected chi connectivity index (χ3v) is 4.19. The molecule has 116 valence electrons. The molecule has 1 aromatic carbocycles. The van der Waals surface area contributed by atoms with E-state index in [1.165, 1.54) is 0 Å². The van der Waals surface area contributed by atoms with Crippen molar-refractivity contribution in [1.29, 1.82) is 0 Å². The van der Waals surface area contributed by atoms with Crippen LogP contribution in [0.1, 0.15) is 19.4 Å². The summed E-state index contributed by atoms with van der Waals surface area (Å²) in [4.78, 5) is 16.7. The average Bonchev–Trinajstić information content (AvgIpc) is 2.48. The number of carbonyl (C=O) groups excluding carboxylic acids is 1. The van der Waals surface area contributed by atoms with E-state index in [2.05, 4.69) is 18.7 Å². The van der Waals surface area contributed by atoms with Crippen LogP contribution in [0.3, 0.4) is 0 Å². The second kappa shape index (κ2) is 6.91. The van der Waals surface area contributed by atoms with Crippen LogP contribution in [0, 0.1) is 0 Å². The topological polar surface area (TPSA) is 69.8 Å². The van der Waals surface area contributed by atoms with Crippen molar-refractivity contribution < 1.29 is 9.90 Å². The lowest BCUT2D eigenvalue weighted by atomic mass is 10.0. The van der Waals surface area contributed by atoms with Crippen molar-refractivity contribution in [3.8, 4) is 5.75 Å². The van der Waals surface area contributed by atoms with E-state index in [0.717, 1.165) is 31.7 Å². The van der Waals surface area contributed by atoms with Crippen LogP contribution in [-0.4, -0.2) is 59.1 Å². The van der Waals surface area contributed by atoms with E-state index in [9.17, 15) is 9.90 Å². The number of carbonyl (C=O) groups is 1. The zero-order valence-electron chi connectivity index (χ0n) is 12.8. The molecule has 5 nitrogen and oxygen atoms in total. The van der Waals surface area contributed by atoms with Crippen LogP contribution >= 0.6 is 0 Å². The first-order valence-electron chi connectivity index (χ1n) is 7.57. The first kappa shape index (κ1) is 15.8. The molecule has 2 rings (SSSR count). The number of piperazine rings is 1. The van der Waals surface area contributed by atoms with Gasteiger partial charge in [-0.05, 0) is 37.6 Å². The fraction of sp³-hybridized carbons (Fsp3) is 0.562. The summed E-state index contributed by atoms with van der Waals surface area (Å²) in [7, 11) is 0. The molecule has 0 aliphatic carbocycles. The molecule has 1 aliphatic rings. The van der Waals surface area contributed by atoms with Gasteiger partial charge in [-0.15, -0.1) is 0 Å². The van der Waals surface area contributed by atoms with Crippen molar-refractivity contribution in [1.82, 2.24) is 9.80 Å². The minimum Gasteiger partial charge on any atom is -0.508 e. The third-order valence-electron chi connectivity index (χ3n) is 4.19. The average molecular weight is 291 g/mol. The summed E-state index contributed by atoms with van der Waals surface area (Å²) in [6.45, 7) is 7.72. The normalized spacial score (nSPS) is 21.3. The highest BCUT2D eigenvalue weighted by atomic mass is 16.3. The highest BCUT2D eigenvalue weighted by molar-refractivity contribution is 5.82. The summed E-state index contributed by atoms with van der Waals surface area (Å²) in [5.41, 5.74) is 7.03. The first-order chi connectivity index (χ1) is 10.0. The van der Waals surface area contributed by atoms with Gasteiger partial charge in [0.15, 0.2) is 0 Å². The maximum absolute atomic E-state index is 12.4. The summed E-state index contributed by atoms with van der Waals surface area (Å²) in [5, 5.41) is 9.27. The molecule has 0 aromatic heterocycles. The number of aromatic hydroxyl groups is 1. The Labute approximate surface area is 126 Å². The van der Waals surface area contributed by atoms with Crippen molar-refractivity contribution in [2.75, 3.05) is 26.2 Å². The van der Waals surface area contributed by atoms with E-state index in [0.29, 0.717) is 12.5 Å². The van der Waals surface area contributed by atoms with Gasteiger partial charge in [0.05, 0.1) is 6.04 Å². The van der Waals surface area contributed by atoms with Crippen molar-refractivity contribution in [3.63, 3.8) is 0 Å². The standard InChI is InChI=1S/C16H25N3O2/c1-3-18-8-9-19(11-12(18)2)16(21)15(17)10-13-4-6-14(20)7-5-13/h4-7,12,15,20H,3,8-11,17H2,1-2H3/t12?,15-/m1/s1. The van der Waals surface area contributed by atoms with Gasteiger partial charge in [0.25, 0.3) is 0 Å². The van der Waals surface area contributed by atoms with Gasteiger partial charge in [0.1, 0.15) is 5.75 Å². The molecule has 21 heavy (non-hydrogen) atoms. The number of phenolic OH excluding ortho intramolecular Hbond substituents is 1. The van der Waals surface area contributed by atoms with Crippen molar-refractivity contribution in [2.45, 2.75) is 32.4 Å². The number of benzene rings is 1. The molecule has 1 saturated heterocycles. The molecular formula is C16H25N3O2. The molecule has 5 heteroatoms. The zero-order chi connectivity index (χ0) is 15.4. The molecule has 1 aliphatic heterocycles. The fourth-order valence-corrected chi connectivity index (χ4v) is 2.87.